The van der Waals surface area contributed by atoms with Gasteiger partial charge in [-0.2, -0.15) is 0 Å². The third-order valence-corrected chi connectivity index (χ3v) is 5.30. The number of hydrogen-bond donors (Lipinski definition) is 3. The molecule has 0 spiro atoms. The van der Waals surface area contributed by atoms with Crippen LogP contribution in [0.25, 0.3) is 0 Å². The zero-order valence-electron chi connectivity index (χ0n) is 10.8. The number of rotatable bonds is 4. The van der Waals surface area contributed by atoms with Crippen LogP contribution in [0.15, 0.2) is 18.2 Å². The Hall–Kier alpha value is -1.27. The predicted octanol–water partition coefficient (Wildman–Crippen LogP) is 1.18. The zero-order valence-corrected chi connectivity index (χ0v) is 11.7. The molecule has 19 heavy (non-hydrogen) atoms. The number of hydrogen-bond acceptors (Lipinski definition) is 5. The van der Waals surface area contributed by atoms with E-state index in [0.717, 1.165) is 5.56 Å². The summed E-state index contributed by atoms with van der Waals surface area (Å²) in [6.45, 7) is 2.54. The van der Waals surface area contributed by atoms with Crippen LogP contribution in [0.4, 0.5) is 0 Å². The van der Waals surface area contributed by atoms with E-state index in [4.69, 9.17) is 0 Å². The van der Waals surface area contributed by atoms with Crippen LogP contribution in [0, 0.1) is 5.92 Å². The van der Waals surface area contributed by atoms with E-state index < -0.39 is 9.84 Å². The summed E-state index contributed by atoms with van der Waals surface area (Å²) in [5, 5.41) is 22.1. The van der Waals surface area contributed by atoms with Crippen LogP contribution in [-0.2, 0) is 9.84 Å². The molecule has 5 nitrogen and oxygen atoms in total. The first kappa shape index (κ1) is 14.1. The maximum Gasteiger partial charge on any atom is 0.150 e. The molecule has 2 atom stereocenters. The summed E-state index contributed by atoms with van der Waals surface area (Å²) in [6.07, 6.45) is 0.702. The van der Waals surface area contributed by atoms with Crippen molar-refractivity contribution in [3.63, 3.8) is 0 Å². The summed E-state index contributed by atoms with van der Waals surface area (Å²) < 4.78 is 22.7. The van der Waals surface area contributed by atoms with E-state index in [-0.39, 0.29) is 35.0 Å². The van der Waals surface area contributed by atoms with Crippen molar-refractivity contribution in [2.75, 3.05) is 18.1 Å². The molecule has 0 aromatic heterocycles. The van der Waals surface area contributed by atoms with Gasteiger partial charge in [0.2, 0.25) is 0 Å². The van der Waals surface area contributed by atoms with Crippen molar-refractivity contribution >= 4 is 9.84 Å². The van der Waals surface area contributed by atoms with Crippen LogP contribution in [0.1, 0.15) is 24.9 Å². The van der Waals surface area contributed by atoms with Gasteiger partial charge in [-0.15, -0.1) is 0 Å². The largest absolute Gasteiger partial charge is 0.508 e. The van der Waals surface area contributed by atoms with Crippen LogP contribution in [-0.4, -0.2) is 36.7 Å². The summed E-state index contributed by atoms with van der Waals surface area (Å²) in [7, 11) is -2.84. The molecule has 0 saturated carbocycles. The van der Waals surface area contributed by atoms with Crippen molar-refractivity contribution in [1.29, 1.82) is 0 Å². The van der Waals surface area contributed by atoms with Gasteiger partial charge in [-0.25, -0.2) is 8.42 Å². The van der Waals surface area contributed by atoms with Crippen LogP contribution >= 0.6 is 0 Å². The molecule has 1 fully saturated rings. The predicted molar refractivity (Wildman–Crippen MR) is 73.0 cm³/mol. The highest BCUT2D eigenvalue weighted by Crippen LogP contribution is 2.25. The Morgan fingerprint density at radius 1 is 1.32 bits per heavy atom. The van der Waals surface area contributed by atoms with E-state index in [2.05, 4.69) is 5.32 Å². The average molecular weight is 285 g/mol. The summed E-state index contributed by atoms with van der Waals surface area (Å²) >= 11 is 0. The van der Waals surface area contributed by atoms with E-state index in [9.17, 15) is 18.6 Å². The van der Waals surface area contributed by atoms with Gasteiger partial charge in [0.05, 0.1) is 11.5 Å². The Morgan fingerprint density at radius 3 is 2.47 bits per heavy atom. The topological polar surface area (TPSA) is 86.6 Å². The molecule has 1 saturated heterocycles. The number of aromatic hydroxyl groups is 2. The third kappa shape index (κ3) is 3.84. The van der Waals surface area contributed by atoms with Gasteiger partial charge >= 0.3 is 0 Å². The average Bonchev–Trinajstić information content (AvgIpc) is 2.64. The second-order valence-corrected chi connectivity index (χ2v) is 7.41. The van der Waals surface area contributed by atoms with Crippen LogP contribution in [0.5, 0.6) is 11.5 Å². The maximum atomic E-state index is 11.4. The molecule has 0 radical (unpaired) electrons. The summed E-state index contributed by atoms with van der Waals surface area (Å²) in [4.78, 5) is 0. The van der Waals surface area contributed by atoms with Crippen molar-refractivity contribution in [3.8, 4) is 11.5 Å². The molecule has 1 aliphatic heterocycles. The quantitative estimate of drug-likeness (QED) is 0.773. The minimum atomic E-state index is -2.84. The van der Waals surface area contributed by atoms with Crippen LogP contribution in [0.2, 0.25) is 0 Å². The molecule has 106 valence electrons. The van der Waals surface area contributed by atoms with Gasteiger partial charge in [0.15, 0.2) is 9.84 Å². The number of phenols is 2. The lowest BCUT2D eigenvalue weighted by molar-refractivity contribution is 0.441. The molecular formula is C13H19NO4S. The maximum absolute atomic E-state index is 11.4. The summed E-state index contributed by atoms with van der Waals surface area (Å²) in [5.41, 5.74) is 0.776. The van der Waals surface area contributed by atoms with Crippen molar-refractivity contribution in [1.82, 2.24) is 5.32 Å². The molecule has 0 bridgehead atoms. The first-order chi connectivity index (χ1) is 8.85. The standard InChI is InChI=1S/C13H19NO4S/c1-9(11-4-12(15)6-13(16)5-11)14-7-10-2-3-19(17,18)8-10/h4-6,9-10,14-16H,2-3,7-8H2,1H3. The van der Waals surface area contributed by atoms with Gasteiger partial charge in [0.25, 0.3) is 0 Å². The number of sulfone groups is 1. The lowest BCUT2D eigenvalue weighted by Gasteiger charge is -2.17. The number of phenolic OH excluding ortho intramolecular Hbond substituents is 2. The van der Waals surface area contributed by atoms with Crippen LogP contribution < -0.4 is 5.32 Å². The molecule has 1 aromatic carbocycles. The molecule has 1 aromatic rings. The van der Waals surface area contributed by atoms with E-state index in [1.807, 2.05) is 6.92 Å². The van der Waals surface area contributed by atoms with E-state index >= 15 is 0 Å². The van der Waals surface area contributed by atoms with Gasteiger partial charge in [-0.05, 0) is 43.5 Å². The normalized spacial score (nSPS) is 23.3. The first-order valence-corrected chi connectivity index (χ1v) is 8.14. The molecular weight excluding hydrogens is 266 g/mol. The van der Waals surface area contributed by atoms with E-state index in [1.54, 1.807) is 12.1 Å². The third-order valence-electron chi connectivity index (χ3n) is 3.46. The monoisotopic (exact) mass is 285 g/mol. The van der Waals surface area contributed by atoms with E-state index in [0.29, 0.717) is 13.0 Å². The smallest absolute Gasteiger partial charge is 0.150 e. The lowest BCUT2D eigenvalue weighted by atomic mass is 10.1. The highest BCUT2D eigenvalue weighted by atomic mass is 32.2. The molecule has 0 aliphatic carbocycles. The number of benzene rings is 1. The second kappa shape index (κ2) is 5.38. The summed E-state index contributed by atoms with van der Waals surface area (Å²) in [5.74, 6) is 0.719. The Morgan fingerprint density at radius 2 is 1.95 bits per heavy atom. The molecule has 6 heteroatoms. The molecule has 2 rings (SSSR count). The fraction of sp³-hybridized carbons (Fsp3) is 0.538. The highest BCUT2D eigenvalue weighted by molar-refractivity contribution is 7.91. The number of nitrogens with one attached hydrogen (secondary N) is 1. The van der Waals surface area contributed by atoms with Crippen LogP contribution in [0.3, 0.4) is 0 Å². The SMILES string of the molecule is CC(NCC1CCS(=O)(=O)C1)c1cc(O)cc(O)c1. The minimum absolute atomic E-state index is 0.0205. The van der Waals surface area contributed by atoms with Crippen molar-refractivity contribution in [2.24, 2.45) is 5.92 Å². The summed E-state index contributed by atoms with van der Waals surface area (Å²) in [6, 6.07) is 4.40. The molecule has 0 amide bonds. The Kier molecular flexibility index (Phi) is 4.01. The van der Waals surface area contributed by atoms with Gasteiger partial charge in [0.1, 0.15) is 11.5 Å². The van der Waals surface area contributed by atoms with Gasteiger partial charge in [0, 0.05) is 12.1 Å². The molecule has 3 N–H and O–H groups in total. The lowest BCUT2D eigenvalue weighted by Crippen LogP contribution is -2.26. The fourth-order valence-corrected chi connectivity index (χ4v) is 4.22. The Labute approximate surface area is 113 Å². The van der Waals surface area contributed by atoms with Crippen molar-refractivity contribution < 1.29 is 18.6 Å². The van der Waals surface area contributed by atoms with Crippen molar-refractivity contribution in [2.45, 2.75) is 19.4 Å². The van der Waals surface area contributed by atoms with Gasteiger partial charge in [-0.1, -0.05) is 0 Å². The minimum Gasteiger partial charge on any atom is -0.508 e. The van der Waals surface area contributed by atoms with Crippen molar-refractivity contribution in [3.05, 3.63) is 23.8 Å². The molecule has 1 aliphatic rings. The fourth-order valence-electron chi connectivity index (χ4n) is 2.36. The molecule has 1 heterocycles. The Balaban J connectivity index is 1.93. The highest BCUT2D eigenvalue weighted by Gasteiger charge is 2.27. The first-order valence-electron chi connectivity index (χ1n) is 6.32. The molecule has 2 unspecified atom stereocenters. The van der Waals surface area contributed by atoms with Gasteiger partial charge < -0.3 is 15.5 Å². The zero-order chi connectivity index (χ0) is 14.0. The Bertz CT molecular complexity index is 536. The second-order valence-electron chi connectivity index (χ2n) is 5.18. The van der Waals surface area contributed by atoms with E-state index in [1.165, 1.54) is 6.07 Å². The van der Waals surface area contributed by atoms with Gasteiger partial charge in [-0.3, -0.25) is 0 Å².